The Morgan fingerprint density at radius 2 is 0.926 bits per heavy atom. The van der Waals surface area contributed by atoms with Gasteiger partial charge in [0.1, 0.15) is 36.6 Å². The zero-order chi connectivity index (χ0) is 19.3. The summed E-state index contributed by atoms with van der Waals surface area (Å²) in [7, 11) is 0. The van der Waals surface area contributed by atoms with Crippen LogP contribution in [0.2, 0.25) is 0 Å². The summed E-state index contributed by atoms with van der Waals surface area (Å²) >= 11 is 0. The van der Waals surface area contributed by atoms with Crippen LogP contribution in [0.3, 0.4) is 0 Å². The number of nitrogens with two attached hydrogens (primary N) is 2. The van der Waals surface area contributed by atoms with Gasteiger partial charge in [-0.25, -0.2) is 0 Å². The molecule has 2 aromatic carbocycles. The third-order valence-corrected chi connectivity index (χ3v) is 5.67. The fourth-order valence-electron chi connectivity index (χ4n) is 4.13. The second-order valence-corrected chi connectivity index (χ2v) is 7.26. The van der Waals surface area contributed by atoms with E-state index in [9.17, 15) is 20.4 Å². The highest BCUT2D eigenvalue weighted by atomic mass is 16.5. The van der Waals surface area contributed by atoms with Crippen LogP contribution >= 0.6 is 0 Å². The molecule has 2 aromatic rings. The number of aliphatic hydroxyl groups is 4. The first kappa shape index (κ1) is 18.5. The van der Waals surface area contributed by atoms with E-state index in [2.05, 4.69) is 0 Å². The first-order valence-corrected chi connectivity index (χ1v) is 8.98. The summed E-state index contributed by atoms with van der Waals surface area (Å²) in [6, 6.07) is 12.4. The number of aliphatic hydroxyl groups excluding tert-OH is 4. The maximum atomic E-state index is 10.4. The fourth-order valence-corrected chi connectivity index (χ4v) is 4.13. The lowest BCUT2D eigenvalue weighted by Crippen LogP contribution is -2.52. The van der Waals surface area contributed by atoms with E-state index in [1.807, 2.05) is 0 Å². The van der Waals surface area contributed by atoms with Gasteiger partial charge in [0.25, 0.3) is 0 Å². The van der Waals surface area contributed by atoms with Crippen LogP contribution in [0.25, 0.3) is 0 Å². The minimum Gasteiger partial charge on any atom is -0.388 e. The standard InChI is InChI=1S/C20H24N2O5/c21-13-17(25)15(23)9-5-1-3-7-11(9)19(13)27-20-12-8-4-2-6-10(12)16(24)18(26)14(20)22/h1-8,13-20,23-26H,21-22H2/t13-,14-,15+,16+,17-,18-,19-,20-/m0/s1. The molecule has 0 unspecified atom stereocenters. The Morgan fingerprint density at radius 1 is 0.593 bits per heavy atom. The van der Waals surface area contributed by atoms with Crippen LogP contribution in [-0.2, 0) is 4.74 Å². The SMILES string of the molecule is N[C@H]1[C@H](O)[C@H](O)c2ccccc2[C@@H]1O[C@H]1c2ccccc2[C@@H](O)[C@@H](O)[C@@H]1N. The third-order valence-electron chi connectivity index (χ3n) is 5.67. The molecule has 8 atom stereocenters. The van der Waals surface area contributed by atoms with Crippen LogP contribution in [0.15, 0.2) is 48.5 Å². The summed E-state index contributed by atoms with van der Waals surface area (Å²) in [5.74, 6) is 0. The summed E-state index contributed by atoms with van der Waals surface area (Å²) in [4.78, 5) is 0. The summed E-state index contributed by atoms with van der Waals surface area (Å²) < 4.78 is 6.26. The van der Waals surface area contributed by atoms with Gasteiger partial charge in [-0.1, -0.05) is 48.5 Å². The molecule has 0 amide bonds. The van der Waals surface area contributed by atoms with Gasteiger partial charge in [-0.15, -0.1) is 0 Å². The Kier molecular flexibility index (Phi) is 4.77. The van der Waals surface area contributed by atoms with E-state index in [1.54, 1.807) is 48.5 Å². The van der Waals surface area contributed by atoms with E-state index < -0.39 is 48.7 Å². The molecule has 2 aliphatic rings. The summed E-state index contributed by atoms with van der Waals surface area (Å²) in [6.07, 6.45) is -6.06. The molecule has 0 saturated heterocycles. The topological polar surface area (TPSA) is 142 Å². The van der Waals surface area contributed by atoms with E-state index >= 15 is 0 Å². The smallest absolute Gasteiger partial charge is 0.107 e. The summed E-state index contributed by atoms with van der Waals surface area (Å²) in [5, 5.41) is 41.4. The first-order valence-electron chi connectivity index (χ1n) is 8.98. The predicted octanol–water partition coefficient (Wildman–Crippen LogP) is -0.0440. The molecule has 7 heteroatoms. The highest BCUT2D eigenvalue weighted by Gasteiger charge is 2.45. The van der Waals surface area contributed by atoms with Gasteiger partial charge in [0.15, 0.2) is 0 Å². The lowest BCUT2D eigenvalue weighted by Gasteiger charge is -2.43. The Morgan fingerprint density at radius 3 is 1.30 bits per heavy atom. The van der Waals surface area contributed by atoms with Gasteiger partial charge in [-0.2, -0.15) is 0 Å². The minimum atomic E-state index is -1.20. The molecule has 2 aliphatic carbocycles. The molecule has 144 valence electrons. The van der Waals surface area contributed by atoms with Crippen molar-refractivity contribution in [3.8, 4) is 0 Å². The number of rotatable bonds is 2. The molecule has 0 radical (unpaired) electrons. The number of benzene rings is 2. The minimum absolute atomic E-state index is 0.551. The quantitative estimate of drug-likeness (QED) is 0.434. The molecule has 0 bridgehead atoms. The molecule has 8 N–H and O–H groups in total. The highest BCUT2D eigenvalue weighted by Crippen LogP contribution is 2.44. The van der Waals surface area contributed by atoms with Gasteiger partial charge < -0.3 is 36.6 Å². The van der Waals surface area contributed by atoms with Gasteiger partial charge in [0, 0.05) is 0 Å². The van der Waals surface area contributed by atoms with E-state index in [0.29, 0.717) is 22.3 Å². The average molecular weight is 372 g/mol. The third kappa shape index (κ3) is 2.88. The monoisotopic (exact) mass is 372 g/mol. The molecular formula is C20H24N2O5. The highest BCUT2D eigenvalue weighted by molar-refractivity contribution is 5.39. The van der Waals surface area contributed by atoms with Crippen molar-refractivity contribution < 1.29 is 25.2 Å². The Balaban J connectivity index is 1.75. The number of ether oxygens (including phenoxy) is 1. The lowest BCUT2D eigenvalue weighted by atomic mass is 9.80. The molecule has 0 heterocycles. The first-order chi connectivity index (χ1) is 12.9. The van der Waals surface area contributed by atoms with Gasteiger partial charge in [0.2, 0.25) is 0 Å². The fraction of sp³-hybridized carbons (Fsp3) is 0.400. The van der Waals surface area contributed by atoms with Crippen LogP contribution in [0.4, 0.5) is 0 Å². The molecule has 0 aliphatic heterocycles. The van der Waals surface area contributed by atoms with E-state index in [0.717, 1.165) is 0 Å². The molecule has 27 heavy (non-hydrogen) atoms. The molecular weight excluding hydrogens is 348 g/mol. The predicted molar refractivity (Wildman–Crippen MR) is 97.3 cm³/mol. The van der Waals surface area contributed by atoms with Gasteiger partial charge >= 0.3 is 0 Å². The van der Waals surface area contributed by atoms with Crippen LogP contribution in [-0.4, -0.2) is 44.7 Å². The normalized spacial score (nSPS) is 38.1. The molecule has 4 rings (SSSR count). The van der Waals surface area contributed by atoms with Gasteiger partial charge in [0.05, 0.1) is 12.1 Å². The van der Waals surface area contributed by atoms with Crippen molar-refractivity contribution in [1.82, 2.24) is 0 Å². The zero-order valence-electron chi connectivity index (χ0n) is 14.6. The molecule has 0 saturated carbocycles. The van der Waals surface area contributed by atoms with Gasteiger partial charge in [-0.3, -0.25) is 0 Å². The molecule has 0 fully saturated rings. The van der Waals surface area contributed by atoms with Crippen molar-refractivity contribution >= 4 is 0 Å². The second-order valence-electron chi connectivity index (χ2n) is 7.26. The van der Waals surface area contributed by atoms with Gasteiger partial charge in [-0.05, 0) is 22.3 Å². The molecule has 0 aromatic heterocycles. The maximum Gasteiger partial charge on any atom is 0.107 e. The average Bonchev–Trinajstić information content (AvgIpc) is 2.70. The van der Waals surface area contributed by atoms with Crippen LogP contribution in [0.5, 0.6) is 0 Å². The van der Waals surface area contributed by atoms with Crippen molar-refractivity contribution in [2.75, 3.05) is 0 Å². The Labute approximate surface area is 156 Å². The molecule has 0 spiro atoms. The van der Waals surface area contributed by atoms with Crippen LogP contribution < -0.4 is 11.5 Å². The van der Waals surface area contributed by atoms with Crippen molar-refractivity contribution in [2.24, 2.45) is 11.5 Å². The number of hydrogen-bond acceptors (Lipinski definition) is 7. The maximum absolute atomic E-state index is 10.4. The van der Waals surface area contributed by atoms with E-state index in [1.165, 1.54) is 0 Å². The number of fused-ring (bicyclic) bond motifs is 2. The van der Waals surface area contributed by atoms with E-state index in [-0.39, 0.29) is 0 Å². The Hall–Kier alpha value is -1.84. The lowest BCUT2D eigenvalue weighted by molar-refractivity contribution is -0.125. The van der Waals surface area contributed by atoms with Crippen molar-refractivity contribution in [2.45, 2.75) is 48.7 Å². The van der Waals surface area contributed by atoms with E-state index in [4.69, 9.17) is 16.2 Å². The summed E-state index contributed by atoms with van der Waals surface area (Å²) in [6.45, 7) is 0. The zero-order valence-corrected chi connectivity index (χ0v) is 14.6. The molecule has 7 nitrogen and oxygen atoms in total. The van der Waals surface area contributed by atoms with Crippen LogP contribution in [0, 0.1) is 0 Å². The van der Waals surface area contributed by atoms with Crippen molar-refractivity contribution in [1.29, 1.82) is 0 Å². The summed E-state index contributed by atoms with van der Waals surface area (Å²) in [5.41, 5.74) is 14.8. The van der Waals surface area contributed by atoms with Crippen molar-refractivity contribution in [3.63, 3.8) is 0 Å². The Bertz CT molecular complexity index is 764. The second kappa shape index (κ2) is 6.96. The van der Waals surface area contributed by atoms with Crippen LogP contribution in [0.1, 0.15) is 46.7 Å². The number of hydrogen-bond donors (Lipinski definition) is 6. The van der Waals surface area contributed by atoms with Crippen molar-refractivity contribution in [3.05, 3.63) is 70.8 Å². The largest absolute Gasteiger partial charge is 0.388 e.